The molecule has 1 aliphatic rings. The first-order valence-corrected chi connectivity index (χ1v) is 9.03. The van der Waals surface area contributed by atoms with Gasteiger partial charge in [-0.1, -0.05) is 23.9 Å². The lowest BCUT2D eigenvalue weighted by atomic mass is 10.2. The number of benzene rings is 2. The molecular formula is C18H16BrNO3S. The number of methoxy groups -OCH3 is 1. The molecule has 0 aromatic heterocycles. The molecule has 1 amide bonds. The maximum atomic E-state index is 12.3. The molecule has 1 heterocycles. The van der Waals surface area contributed by atoms with Gasteiger partial charge in [0.15, 0.2) is 11.5 Å². The van der Waals surface area contributed by atoms with Gasteiger partial charge >= 0.3 is 0 Å². The van der Waals surface area contributed by atoms with Gasteiger partial charge in [-0.05, 0) is 58.8 Å². The van der Waals surface area contributed by atoms with Crippen molar-refractivity contribution < 1.29 is 14.3 Å². The van der Waals surface area contributed by atoms with Gasteiger partial charge in [0, 0.05) is 4.90 Å². The van der Waals surface area contributed by atoms with Crippen molar-refractivity contribution in [1.29, 1.82) is 0 Å². The third kappa shape index (κ3) is 3.44. The maximum absolute atomic E-state index is 12.3. The largest absolute Gasteiger partial charge is 0.492 e. The number of halogens is 1. The van der Waals surface area contributed by atoms with E-state index in [0.717, 1.165) is 20.6 Å². The lowest BCUT2D eigenvalue weighted by Crippen LogP contribution is -2.17. The van der Waals surface area contributed by atoms with Gasteiger partial charge in [0.2, 0.25) is 0 Å². The summed E-state index contributed by atoms with van der Waals surface area (Å²) >= 11 is 4.95. The zero-order chi connectivity index (χ0) is 17.1. The molecule has 0 radical (unpaired) electrons. The third-order valence-electron chi connectivity index (χ3n) is 3.41. The van der Waals surface area contributed by atoms with Crippen molar-refractivity contribution in [3.8, 4) is 11.5 Å². The average molecular weight is 406 g/mol. The predicted octanol–water partition coefficient (Wildman–Crippen LogP) is 4.94. The van der Waals surface area contributed by atoms with E-state index in [4.69, 9.17) is 9.47 Å². The second-order valence-electron chi connectivity index (χ2n) is 5.03. The SMILES string of the molecule is CCOc1cc(/C=C2\Sc3ccccc3NC2=O)cc(Br)c1OC. The highest BCUT2D eigenvalue weighted by Crippen LogP contribution is 2.41. The van der Waals surface area contributed by atoms with Gasteiger partial charge < -0.3 is 14.8 Å². The van der Waals surface area contributed by atoms with Crippen LogP contribution >= 0.6 is 27.7 Å². The van der Waals surface area contributed by atoms with Crippen molar-refractivity contribution in [1.82, 2.24) is 0 Å². The maximum Gasteiger partial charge on any atom is 0.262 e. The third-order valence-corrected chi connectivity index (χ3v) is 5.10. The van der Waals surface area contributed by atoms with Crippen molar-refractivity contribution in [2.45, 2.75) is 11.8 Å². The molecule has 24 heavy (non-hydrogen) atoms. The Labute approximate surface area is 153 Å². The Bertz CT molecular complexity index is 820. The number of fused-ring (bicyclic) bond motifs is 1. The molecule has 0 saturated heterocycles. The van der Waals surface area contributed by atoms with Crippen LogP contribution in [-0.2, 0) is 4.79 Å². The number of carbonyl (C=O) groups is 1. The molecule has 0 fully saturated rings. The van der Waals surface area contributed by atoms with Crippen molar-refractivity contribution in [3.63, 3.8) is 0 Å². The molecule has 0 bridgehead atoms. The molecular weight excluding hydrogens is 390 g/mol. The highest BCUT2D eigenvalue weighted by molar-refractivity contribution is 9.10. The van der Waals surface area contributed by atoms with Gasteiger partial charge in [0.1, 0.15) is 0 Å². The first-order valence-electron chi connectivity index (χ1n) is 7.42. The molecule has 0 unspecified atom stereocenters. The Morgan fingerprint density at radius 3 is 2.83 bits per heavy atom. The summed E-state index contributed by atoms with van der Waals surface area (Å²) in [5.41, 5.74) is 1.71. The molecule has 124 valence electrons. The second-order valence-corrected chi connectivity index (χ2v) is 6.97. The molecule has 0 spiro atoms. The number of rotatable bonds is 4. The van der Waals surface area contributed by atoms with Crippen molar-refractivity contribution in [2.24, 2.45) is 0 Å². The van der Waals surface area contributed by atoms with Gasteiger partial charge in [0.05, 0.1) is 28.8 Å². The smallest absolute Gasteiger partial charge is 0.262 e. The van der Waals surface area contributed by atoms with E-state index in [1.165, 1.54) is 11.8 Å². The Morgan fingerprint density at radius 2 is 2.08 bits per heavy atom. The van der Waals surface area contributed by atoms with Crippen LogP contribution in [0.1, 0.15) is 12.5 Å². The molecule has 3 rings (SSSR count). The van der Waals surface area contributed by atoms with Crippen LogP contribution in [0.15, 0.2) is 50.7 Å². The molecule has 4 nitrogen and oxygen atoms in total. The van der Waals surface area contributed by atoms with E-state index in [2.05, 4.69) is 21.2 Å². The van der Waals surface area contributed by atoms with Crippen LogP contribution in [-0.4, -0.2) is 19.6 Å². The summed E-state index contributed by atoms with van der Waals surface area (Å²) in [7, 11) is 1.60. The average Bonchev–Trinajstić information content (AvgIpc) is 2.56. The summed E-state index contributed by atoms with van der Waals surface area (Å²) in [6.45, 7) is 2.45. The monoisotopic (exact) mass is 405 g/mol. The molecule has 1 N–H and O–H groups in total. The number of nitrogens with one attached hydrogen (secondary N) is 1. The van der Waals surface area contributed by atoms with Crippen LogP contribution in [0.4, 0.5) is 5.69 Å². The first kappa shape index (κ1) is 16.9. The lowest BCUT2D eigenvalue weighted by Gasteiger charge is -2.18. The normalized spacial score (nSPS) is 15.0. The van der Waals surface area contributed by atoms with Gasteiger partial charge in [-0.25, -0.2) is 0 Å². The zero-order valence-corrected chi connectivity index (χ0v) is 15.7. The minimum Gasteiger partial charge on any atom is -0.492 e. The van der Waals surface area contributed by atoms with Crippen molar-refractivity contribution in [3.05, 3.63) is 51.3 Å². The number of hydrogen-bond acceptors (Lipinski definition) is 4. The standard InChI is InChI=1S/C18H16BrNO3S/c1-3-23-14-9-11(8-12(19)17(14)22-2)10-16-18(21)20-13-6-4-5-7-15(13)24-16/h4-10H,3H2,1-2H3,(H,20,21)/b16-10-. The molecule has 1 aliphatic heterocycles. The fourth-order valence-electron chi connectivity index (χ4n) is 2.39. The van der Waals surface area contributed by atoms with E-state index in [0.29, 0.717) is 23.0 Å². The Morgan fingerprint density at radius 1 is 1.29 bits per heavy atom. The van der Waals surface area contributed by atoms with Crippen LogP contribution in [0.2, 0.25) is 0 Å². The second kappa shape index (κ2) is 7.32. The van der Waals surface area contributed by atoms with E-state index in [1.807, 2.05) is 49.4 Å². The zero-order valence-electron chi connectivity index (χ0n) is 13.3. The number of hydrogen-bond donors (Lipinski definition) is 1. The van der Waals surface area contributed by atoms with Crippen LogP contribution in [0.5, 0.6) is 11.5 Å². The summed E-state index contributed by atoms with van der Waals surface area (Å²) in [6, 6.07) is 11.5. The highest BCUT2D eigenvalue weighted by atomic mass is 79.9. The van der Waals surface area contributed by atoms with Gasteiger partial charge in [-0.3, -0.25) is 4.79 Å². The number of thioether (sulfide) groups is 1. The number of anilines is 1. The Hall–Kier alpha value is -1.92. The lowest BCUT2D eigenvalue weighted by molar-refractivity contribution is -0.112. The molecule has 6 heteroatoms. The fourth-order valence-corrected chi connectivity index (χ4v) is 3.96. The first-order chi connectivity index (χ1) is 11.6. The molecule has 2 aromatic rings. The van der Waals surface area contributed by atoms with Gasteiger partial charge in [-0.15, -0.1) is 0 Å². The minimum absolute atomic E-state index is 0.108. The summed E-state index contributed by atoms with van der Waals surface area (Å²) < 4.78 is 11.8. The summed E-state index contributed by atoms with van der Waals surface area (Å²) in [5.74, 6) is 1.18. The Balaban J connectivity index is 1.98. The van der Waals surface area contributed by atoms with E-state index in [9.17, 15) is 4.79 Å². The van der Waals surface area contributed by atoms with Crippen molar-refractivity contribution >= 4 is 45.4 Å². The van der Waals surface area contributed by atoms with E-state index < -0.39 is 0 Å². The van der Waals surface area contributed by atoms with Crippen LogP contribution in [0.3, 0.4) is 0 Å². The molecule has 2 aromatic carbocycles. The van der Waals surface area contributed by atoms with Gasteiger partial charge in [-0.2, -0.15) is 0 Å². The van der Waals surface area contributed by atoms with Crippen LogP contribution < -0.4 is 14.8 Å². The van der Waals surface area contributed by atoms with Gasteiger partial charge in [0.25, 0.3) is 5.91 Å². The molecule has 0 saturated carbocycles. The van der Waals surface area contributed by atoms with Crippen LogP contribution in [0.25, 0.3) is 6.08 Å². The Kier molecular flexibility index (Phi) is 5.16. The van der Waals surface area contributed by atoms with E-state index in [-0.39, 0.29) is 5.91 Å². The predicted molar refractivity (Wildman–Crippen MR) is 101 cm³/mol. The quantitative estimate of drug-likeness (QED) is 0.731. The number of amides is 1. The fraction of sp³-hybridized carbons (Fsp3) is 0.167. The van der Waals surface area contributed by atoms with Crippen LogP contribution in [0, 0.1) is 0 Å². The molecule has 0 aliphatic carbocycles. The summed E-state index contributed by atoms with van der Waals surface area (Å²) in [6.07, 6.45) is 1.85. The molecule has 0 atom stereocenters. The minimum atomic E-state index is -0.108. The number of carbonyl (C=O) groups excluding carboxylic acids is 1. The summed E-state index contributed by atoms with van der Waals surface area (Å²) in [4.78, 5) is 14.0. The topological polar surface area (TPSA) is 47.6 Å². The number of ether oxygens (including phenoxy) is 2. The highest BCUT2D eigenvalue weighted by Gasteiger charge is 2.21. The van der Waals surface area contributed by atoms with Crippen molar-refractivity contribution in [2.75, 3.05) is 19.0 Å². The van der Waals surface area contributed by atoms with E-state index in [1.54, 1.807) is 7.11 Å². The van der Waals surface area contributed by atoms with E-state index >= 15 is 0 Å². The number of para-hydroxylation sites is 1. The summed E-state index contributed by atoms with van der Waals surface area (Å²) in [5, 5.41) is 2.91.